The van der Waals surface area contributed by atoms with Crippen molar-refractivity contribution in [2.24, 2.45) is 0 Å². The van der Waals surface area contributed by atoms with Crippen LogP contribution in [0.15, 0.2) is 95.5 Å². The third kappa shape index (κ3) is 2.77. The summed E-state index contributed by atoms with van der Waals surface area (Å²) < 4.78 is 3.47. The highest BCUT2D eigenvalue weighted by Gasteiger charge is 2.12. The van der Waals surface area contributed by atoms with Crippen molar-refractivity contribution in [3.8, 4) is 16.8 Å². The summed E-state index contributed by atoms with van der Waals surface area (Å²) in [5.74, 6) is 0. The predicted molar refractivity (Wildman–Crippen MR) is 119 cm³/mol. The molecule has 0 unspecified atom stereocenters. The third-order valence-electron chi connectivity index (χ3n) is 5.14. The van der Waals surface area contributed by atoms with Gasteiger partial charge in [0.05, 0.1) is 11.0 Å². The molecule has 1 aromatic heterocycles. The molecule has 4 aromatic carbocycles. The number of rotatable bonds is 2. The van der Waals surface area contributed by atoms with Crippen LogP contribution < -0.4 is 0 Å². The van der Waals surface area contributed by atoms with Gasteiger partial charge in [0.25, 0.3) is 0 Å². The molecule has 2 heteroatoms. The monoisotopic (exact) mass is 411 g/mol. The molecule has 0 atom stereocenters. The highest BCUT2D eigenvalue weighted by molar-refractivity contribution is 9.10. The summed E-state index contributed by atoms with van der Waals surface area (Å²) in [5.41, 5.74) is 7.39. The summed E-state index contributed by atoms with van der Waals surface area (Å²) in [5, 5.41) is 2.57. The minimum absolute atomic E-state index is 1.10. The van der Waals surface area contributed by atoms with Crippen LogP contribution >= 0.6 is 15.9 Å². The van der Waals surface area contributed by atoms with Gasteiger partial charge in [-0.25, -0.2) is 0 Å². The number of para-hydroxylation sites is 1. The third-order valence-corrected chi connectivity index (χ3v) is 5.67. The van der Waals surface area contributed by atoms with E-state index < -0.39 is 0 Å². The first kappa shape index (κ1) is 16.3. The lowest BCUT2D eigenvalue weighted by Crippen LogP contribution is -1.93. The lowest BCUT2D eigenvalue weighted by molar-refractivity contribution is 1.17. The minimum atomic E-state index is 1.10. The van der Waals surface area contributed by atoms with Crippen LogP contribution in [0.2, 0.25) is 0 Å². The smallest absolute Gasteiger partial charge is 0.0547 e. The fraction of sp³-hybridized carbons (Fsp3) is 0.0400. The normalized spacial score (nSPS) is 11.3. The predicted octanol–water partition coefficient (Wildman–Crippen LogP) is 7.52. The van der Waals surface area contributed by atoms with Crippen LogP contribution in [0.25, 0.3) is 38.6 Å². The van der Waals surface area contributed by atoms with Crippen LogP contribution in [0, 0.1) is 6.92 Å². The van der Waals surface area contributed by atoms with E-state index in [1.807, 2.05) is 0 Å². The first-order chi connectivity index (χ1) is 13.2. The van der Waals surface area contributed by atoms with Crippen LogP contribution in [0.4, 0.5) is 0 Å². The lowest BCUT2D eigenvalue weighted by Gasteiger charge is -2.09. The van der Waals surface area contributed by atoms with E-state index in [1.165, 1.54) is 44.2 Å². The molecular formula is C25H18BrN. The van der Waals surface area contributed by atoms with Crippen molar-refractivity contribution >= 4 is 37.7 Å². The van der Waals surface area contributed by atoms with Gasteiger partial charge in [-0.2, -0.15) is 0 Å². The number of aryl methyl sites for hydroxylation is 1. The molecule has 0 amide bonds. The summed E-state index contributed by atoms with van der Waals surface area (Å²) >= 11 is 3.52. The van der Waals surface area contributed by atoms with Gasteiger partial charge >= 0.3 is 0 Å². The Bertz CT molecular complexity index is 1260. The van der Waals surface area contributed by atoms with Crippen LogP contribution in [-0.2, 0) is 0 Å². The van der Waals surface area contributed by atoms with Crippen LogP contribution in [0.1, 0.15) is 5.56 Å². The van der Waals surface area contributed by atoms with Crippen molar-refractivity contribution in [1.82, 2.24) is 4.57 Å². The van der Waals surface area contributed by atoms with Crippen molar-refractivity contribution in [1.29, 1.82) is 0 Å². The van der Waals surface area contributed by atoms with Crippen molar-refractivity contribution in [3.63, 3.8) is 0 Å². The van der Waals surface area contributed by atoms with Crippen molar-refractivity contribution in [2.45, 2.75) is 6.92 Å². The maximum atomic E-state index is 3.52. The topological polar surface area (TPSA) is 4.93 Å². The highest BCUT2D eigenvalue weighted by Crippen LogP contribution is 2.34. The molecule has 0 N–H and O–H groups in total. The summed E-state index contributed by atoms with van der Waals surface area (Å²) in [6.45, 7) is 2.13. The summed E-state index contributed by atoms with van der Waals surface area (Å²) in [6, 6.07) is 32.7. The summed E-state index contributed by atoms with van der Waals surface area (Å²) in [7, 11) is 0. The molecule has 0 aliphatic heterocycles. The number of hydrogen-bond acceptors (Lipinski definition) is 0. The maximum absolute atomic E-state index is 3.52. The zero-order valence-electron chi connectivity index (χ0n) is 15.0. The molecule has 1 heterocycles. The first-order valence-corrected chi connectivity index (χ1v) is 9.86. The Morgan fingerprint density at radius 2 is 1.30 bits per heavy atom. The van der Waals surface area contributed by atoms with Gasteiger partial charge in [0.2, 0.25) is 0 Å². The van der Waals surface area contributed by atoms with Crippen molar-refractivity contribution in [2.75, 3.05) is 0 Å². The van der Waals surface area contributed by atoms with E-state index in [9.17, 15) is 0 Å². The zero-order chi connectivity index (χ0) is 18.4. The van der Waals surface area contributed by atoms with Crippen LogP contribution in [0.3, 0.4) is 0 Å². The van der Waals surface area contributed by atoms with Gasteiger partial charge in [-0.3, -0.25) is 0 Å². The van der Waals surface area contributed by atoms with Gasteiger partial charge < -0.3 is 4.57 Å². The molecule has 5 aromatic rings. The van der Waals surface area contributed by atoms with E-state index in [0.29, 0.717) is 0 Å². The molecule has 27 heavy (non-hydrogen) atoms. The Morgan fingerprint density at radius 3 is 2.07 bits per heavy atom. The van der Waals surface area contributed by atoms with Crippen LogP contribution in [0.5, 0.6) is 0 Å². The Morgan fingerprint density at radius 1 is 0.630 bits per heavy atom. The van der Waals surface area contributed by atoms with Gasteiger partial charge in [-0.15, -0.1) is 0 Å². The van der Waals surface area contributed by atoms with E-state index >= 15 is 0 Å². The number of halogens is 1. The Labute approximate surface area is 167 Å². The van der Waals surface area contributed by atoms with Crippen LogP contribution in [-0.4, -0.2) is 4.57 Å². The number of nitrogens with zero attached hydrogens (tertiary/aromatic N) is 1. The van der Waals surface area contributed by atoms with E-state index in [4.69, 9.17) is 0 Å². The van der Waals surface area contributed by atoms with Crippen molar-refractivity contribution < 1.29 is 0 Å². The first-order valence-electron chi connectivity index (χ1n) is 9.07. The van der Waals surface area contributed by atoms with E-state index in [1.54, 1.807) is 0 Å². The van der Waals surface area contributed by atoms with Gasteiger partial charge in [0.15, 0.2) is 0 Å². The maximum Gasteiger partial charge on any atom is 0.0547 e. The molecule has 5 rings (SSSR count). The molecule has 0 fully saturated rings. The molecule has 0 aliphatic rings. The molecule has 0 bridgehead atoms. The molecular weight excluding hydrogens is 394 g/mol. The number of aromatic nitrogens is 1. The number of fused-ring (bicyclic) bond motifs is 3. The summed E-state index contributed by atoms with van der Waals surface area (Å²) in [4.78, 5) is 0. The lowest BCUT2D eigenvalue weighted by atomic mass is 10.0. The Kier molecular flexibility index (Phi) is 3.87. The number of hydrogen-bond donors (Lipinski definition) is 0. The minimum Gasteiger partial charge on any atom is -0.309 e. The Hall–Kier alpha value is -2.84. The molecule has 1 nitrogen and oxygen atoms in total. The van der Waals surface area contributed by atoms with Gasteiger partial charge in [-0.1, -0.05) is 76.1 Å². The highest BCUT2D eigenvalue weighted by atomic mass is 79.9. The standard InChI is InChI=1S/C25H18BrN/c1-17-6-13-21(14-7-17)27-24-5-3-2-4-22(24)23-15-10-19(16-25(23)27)18-8-11-20(26)12-9-18/h2-16H,1H3. The molecule has 130 valence electrons. The van der Waals surface area contributed by atoms with Gasteiger partial charge in [0, 0.05) is 20.9 Å². The average molecular weight is 412 g/mol. The SMILES string of the molecule is Cc1ccc(-n2c3ccccc3c3ccc(-c4ccc(Br)cc4)cc32)cc1. The van der Waals surface area contributed by atoms with E-state index in [2.05, 4.69) is 118 Å². The van der Waals surface area contributed by atoms with Gasteiger partial charge in [0.1, 0.15) is 0 Å². The average Bonchev–Trinajstić information content (AvgIpc) is 3.03. The van der Waals surface area contributed by atoms with E-state index in [0.717, 1.165) is 4.47 Å². The van der Waals surface area contributed by atoms with E-state index in [-0.39, 0.29) is 0 Å². The molecule has 0 saturated carbocycles. The number of benzene rings is 4. The quantitative estimate of drug-likeness (QED) is 0.283. The second kappa shape index (κ2) is 6.40. The molecule has 0 aliphatic carbocycles. The Balaban J connectivity index is 1.83. The zero-order valence-corrected chi connectivity index (χ0v) is 16.6. The fourth-order valence-electron chi connectivity index (χ4n) is 3.76. The fourth-order valence-corrected chi connectivity index (χ4v) is 4.03. The van der Waals surface area contributed by atoms with Crippen molar-refractivity contribution in [3.05, 3.63) is 101 Å². The second-order valence-electron chi connectivity index (χ2n) is 6.93. The molecule has 0 radical (unpaired) electrons. The molecule has 0 spiro atoms. The second-order valence-corrected chi connectivity index (χ2v) is 7.84. The largest absolute Gasteiger partial charge is 0.309 e. The molecule has 0 saturated heterocycles. The van der Waals surface area contributed by atoms with Gasteiger partial charge in [-0.05, 0) is 54.4 Å². The summed E-state index contributed by atoms with van der Waals surface area (Å²) in [6.07, 6.45) is 0.